The zero-order chi connectivity index (χ0) is 32.0. The van der Waals surface area contributed by atoms with Crippen molar-refractivity contribution in [2.75, 3.05) is 9.80 Å². The molecule has 1 N–H and O–H groups in total. The Balaban J connectivity index is 1.36. The van der Waals surface area contributed by atoms with Crippen molar-refractivity contribution < 1.29 is 33.5 Å². The van der Waals surface area contributed by atoms with E-state index in [0.717, 1.165) is 21.9 Å². The molecule has 8 nitrogen and oxygen atoms in total. The molecule has 45 heavy (non-hydrogen) atoms. The number of hydrogen-bond donors (Lipinski definition) is 1. The van der Waals surface area contributed by atoms with Gasteiger partial charge >= 0.3 is 0 Å². The Morgan fingerprint density at radius 3 is 2.04 bits per heavy atom. The molecule has 4 amide bonds. The highest BCUT2D eigenvalue weighted by Gasteiger charge is 2.76. The second-order valence-corrected chi connectivity index (χ2v) is 13.2. The van der Waals surface area contributed by atoms with Crippen LogP contribution in [0.2, 0.25) is 0 Å². The van der Waals surface area contributed by atoms with E-state index >= 15 is 0 Å². The van der Waals surface area contributed by atoms with E-state index in [9.17, 15) is 33.5 Å². The van der Waals surface area contributed by atoms with Crippen molar-refractivity contribution in [2.45, 2.75) is 35.4 Å². The SMILES string of the molecule is CC(=O)c1ccc(N2C(=O)C3CC=C4C(CC5(Cl)C(=O)N(c6ccc(F)cc6)C(=O)C5(Cl)C4c4ccc(O)cc4)C3C2=O)cc1. The maximum atomic E-state index is 14.3. The van der Waals surface area contributed by atoms with Gasteiger partial charge in [-0.05, 0) is 91.9 Å². The minimum Gasteiger partial charge on any atom is -0.508 e. The Kier molecular flexibility index (Phi) is 6.58. The average Bonchev–Trinajstić information content (AvgIpc) is 3.36. The third kappa shape index (κ3) is 3.99. The molecule has 0 radical (unpaired) electrons. The fraction of sp³-hybridized carbons (Fsp3) is 0.265. The third-order valence-electron chi connectivity index (χ3n) is 9.65. The fourth-order valence-electron chi connectivity index (χ4n) is 7.54. The van der Waals surface area contributed by atoms with E-state index in [2.05, 4.69) is 0 Å². The lowest BCUT2D eigenvalue weighted by Gasteiger charge is -2.50. The number of ketones is 1. The number of Topliss-reactive ketones (excluding diaryl/α,β-unsaturated/α-hetero) is 1. The molecule has 3 aromatic carbocycles. The van der Waals surface area contributed by atoms with Crippen molar-refractivity contribution >= 4 is 64.0 Å². The minimum atomic E-state index is -2.06. The summed E-state index contributed by atoms with van der Waals surface area (Å²) >= 11 is 14.6. The zero-order valence-electron chi connectivity index (χ0n) is 23.7. The van der Waals surface area contributed by atoms with Crippen LogP contribution in [-0.2, 0) is 19.2 Å². The van der Waals surface area contributed by atoms with Gasteiger partial charge < -0.3 is 5.11 Å². The van der Waals surface area contributed by atoms with Gasteiger partial charge in [0.15, 0.2) is 15.5 Å². The Hall–Kier alpha value is -4.34. The fourth-order valence-corrected chi connectivity index (χ4v) is 8.47. The van der Waals surface area contributed by atoms with Gasteiger partial charge in [-0.15, -0.1) is 23.2 Å². The maximum Gasteiger partial charge on any atom is 0.258 e. The summed E-state index contributed by atoms with van der Waals surface area (Å²) in [5.41, 5.74) is 1.93. The predicted molar refractivity (Wildman–Crippen MR) is 164 cm³/mol. The summed E-state index contributed by atoms with van der Waals surface area (Å²) in [6, 6.07) is 17.0. The number of alkyl halides is 2. The van der Waals surface area contributed by atoms with Gasteiger partial charge in [-0.25, -0.2) is 9.29 Å². The van der Waals surface area contributed by atoms with Crippen LogP contribution in [0.15, 0.2) is 84.4 Å². The van der Waals surface area contributed by atoms with E-state index in [4.69, 9.17) is 23.2 Å². The number of phenols is 1. The molecule has 2 heterocycles. The molecule has 4 aliphatic rings. The zero-order valence-corrected chi connectivity index (χ0v) is 25.3. The number of halogens is 3. The lowest BCUT2D eigenvalue weighted by molar-refractivity contribution is -0.125. The average molecular weight is 647 g/mol. The molecular weight excluding hydrogens is 622 g/mol. The van der Waals surface area contributed by atoms with Crippen LogP contribution in [0, 0.1) is 23.6 Å². The maximum absolute atomic E-state index is 14.3. The quantitative estimate of drug-likeness (QED) is 0.173. The highest BCUT2D eigenvalue weighted by Crippen LogP contribution is 2.65. The molecule has 6 atom stereocenters. The van der Waals surface area contributed by atoms with Crippen LogP contribution in [0.1, 0.15) is 41.6 Å². The summed E-state index contributed by atoms with van der Waals surface area (Å²) in [6.45, 7) is 1.42. The molecule has 11 heteroatoms. The second-order valence-electron chi connectivity index (χ2n) is 12.0. The third-order valence-corrected chi connectivity index (χ3v) is 11.1. The first-order valence-corrected chi connectivity index (χ1v) is 15.1. The number of rotatable bonds is 4. The van der Waals surface area contributed by atoms with Crippen LogP contribution >= 0.6 is 23.2 Å². The van der Waals surface area contributed by atoms with Gasteiger partial charge in [-0.1, -0.05) is 23.8 Å². The molecule has 0 aromatic heterocycles. The Morgan fingerprint density at radius 1 is 0.822 bits per heavy atom. The Bertz CT molecular complexity index is 1840. The number of aromatic hydroxyl groups is 1. The number of amides is 4. The summed E-state index contributed by atoms with van der Waals surface area (Å²) < 4.78 is 13.8. The normalized spacial score (nSPS) is 30.6. The molecule has 3 aromatic rings. The molecule has 7 rings (SSSR count). The molecule has 228 valence electrons. The molecule has 6 unspecified atom stereocenters. The van der Waals surface area contributed by atoms with Gasteiger partial charge in [-0.3, -0.25) is 28.9 Å². The second kappa shape index (κ2) is 10.1. The van der Waals surface area contributed by atoms with Crippen LogP contribution < -0.4 is 9.80 Å². The van der Waals surface area contributed by atoms with Crippen LogP contribution in [-0.4, -0.2) is 44.3 Å². The van der Waals surface area contributed by atoms with Gasteiger partial charge in [0.25, 0.3) is 11.8 Å². The number of fused-ring (bicyclic) bond motifs is 4. The lowest BCUT2D eigenvalue weighted by atomic mass is 9.56. The van der Waals surface area contributed by atoms with E-state index in [1.807, 2.05) is 6.08 Å². The van der Waals surface area contributed by atoms with Crippen molar-refractivity contribution in [3.8, 4) is 5.75 Å². The number of nitrogens with zero attached hydrogens (tertiary/aromatic N) is 2. The molecule has 2 aliphatic carbocycles. The van der Waals surface area contributed by atoms with Crippen LogP contribution in [0.3, 0.4) is 0 Å². The monoisotopic (exact) mass is 646 g/mol. The first-order valence-electron chi connectivity index (χ1n) is 14.4. The highest BCUT2D eigenvalue weighted by molar-refractivity contribution is 6.58. The van der Waals surface area contributed by atoms with Gasteiger partial charge in [-0.2, -0.15) is 0 Å². The Morgan fingerprint density at radius 2 is 1.42 bits per heavy atom. The van der Waals surface area contributed by atoms with Crippen LogP contribution in [0.25, 0.3) is 0 Å². The lowest BCUT2D eigenvalue weighted by Crippen LogP contribution is -2.60. The Labute approximate surface area is 267 Å². The number of allylic oxidation sites excluding steroid dienone is 2. The van der Waals surface area contributed by atoms with Gasteiger partial charge in [0.05, 0.1) is 23.2 Å². The topological polar surface area (TPSA) is 112 Å². The summed E-state index contributed by atoms with van der Waals surface area (Å²) in [5.74, 6) is -6.65. The molecule has 0 spiro atoms. The first kappa shape index (κ1) is 29.4. The van der Waals surface area contributed by atoms with Crippen molar-refractivity contribution in [2.24, 2.45) is 17.8 Å². The van der Waals surface area contributed by atoms with E-state index < -0.39 is 62.9 Å². The van der Waals surface area contributed by atoms with E-state index in [-0.39, 0.29) is 30.1 Å². The summed E-state index contributed by atoms with van der Waals surface area (Å²) in [6.07, 6.45) is 1.79. The van der Waals surface area contributed by atoms with E-state index in [1.165, 1.54) is 31.2 Å². The minimum absolute atomic E-state index is 0.0330. The van der Waals surface area contributed by atoms with Gasteiger partial charge in [0.1, 0.15) is 11.6 Å². The summed E-state index contributed by atoms with van der Waals surface area (Å²) in [5, 5.41) is 10.0. The molecule has 3 fully saturated rings. The smallest absolute Gasteiger partial charge is 0.258 e. The molecule has 1 saturated carbocycles. The number of carbonyl (C=O) groups is 5. The first-order chi connectivity index (χ1) is 21.4. The highest BCUT2D eigenvalue weighted by atomic mass is 35.5. The van der Waals surface area contributed by atoms with Crippen LogP contribution in [0.5, 0.6) is 5.75 Å². The number of hydrogen-bond acceptors (Lipinski definition) is 6. The largest absolute Gasteiger partial charge is 0.508 e. The van der Waals surface area contributed by atoms with E-state index in [0.29, 0.717) is 22.4 Å². The van der Waals surface area contributed by atoms with Crippen molar-refractivity contribution in [1.82, 2.24) is 0 Å². The molecule has 2 saturated heterocycles. The number of phenolic OH excluding ortho intramolecular Hbond substituents is 1. The standard InChI is InChI=1S/C34H25Cl2FN2O6/c1-17(40)18-2-8-21(9-3-18)38-29(42)25-15-14-24-26(27(25)30(38)43)16-33(35)31(44)39(22-10-6-20(37)7-11-22)32(45)34(33,36)28(24)19-4-12-23(41)13-5-19/h2-14,25-28,41H,15-16H2,1H3. The predicted octanol–water partition coefficient (Wildman–Crippen LogP) is 5.50. The summed E-state index contributed by atoms with van der Waals surface area (Å²) in [7, 11) is 0. The van der Waals surface area contributed by atoms with Gasteiger partial charge in [0.2, 0.25) is 11.8 Å². The number of benzene rings is 3. The van der Waals surface area contributed by atoms with Crippen molar-refractivity contribution in [1.29, 1.82) is 0 Å². The molecule has 0 bridgehead atoms. The number of imide groups is 2. The molecular formula is C34H25Cl2FN2O6. The summed E-state index contributed by atoms with van der Waals surface area (Å²) in [4.78, 5) is 66.1. The van der Waals surface area contributed by atoms with Gasteiger partial charge in [0, 0.05) is 11.5 Å². The number of anilines is 2. The van der Waals surface area contributed by atoms with Crippen molar-refractivity contribution in [3.63, 3.8) is 0 Å². The van der Waals surface area contributed by atoms with Crippen molar-refractivity contribution in [3.05, 3.63) is 101 Å². The van der Waals surface area contributed by atoms with E-state index in [1.54, 1.807) is 36.4 Å². The molecule has 2 aliphatic heterocycles. The van der Waals surface area contributed by atoms with Crippen LogP contribution in [0.4, 0.5) is 15.8 Å². The number of carbonyl (C=O) groups excluding carboxylic acids is 5.